The first-order chi connectivity index (χ1) is 12.3. The molecule has 2 aliphatic heterocycles. The number of thioether (sulfide) groups is 1. The first kappa shape index (κ1) is 20.2. The summed E-state index contributed by atoms with van der Waals surface area (Å²) >= 11 is 3.06. The number of halogens is 3. The Hall–Kier alpha value is -1.52. The molecule has 2 aromatic rings. The summed E-state index contributed by atoms with van der Waals surface area (Å²) < 4.78 is 28.3. The molecule has 0 bridgehead atoms. The molecule has 4 heterocycles. The van der Waals surface area contributed by atoms with Crippen molar-refractivity contribution in [2.45, 2.75) is 25.1 Å². The number of anilines is 1. The number of rotatable bonds is 3. The lowest BCUT2D eigenvalue weighted by molar-refractivity contribution is 0.205. The van der Waals surface area contributed by atoms with Crippen molar-refractivity contribution >= 4 is 46.6 Å². The molecule has 0 aromatic carbocycles. The van der Waals surface area contributed by atoms with Crippen LogP contribution in [0.1, 0.15) is 24.4 Å². The van der Waals surface area contributed by atoms with Crippen LogP contribution in [-0.4, -0.2) is 39.0 Å². The smallest absolute Gasteiger partial charge is 0.225 e. The number of hydrogen-bond acceptors (Lipinski definition) is 8. The number of aromatic nitrogens is 3. The van der Waals surface area contributed by atoms with Crippen LogP contribution in [0.3, 0.4) is 0 Å². The Morgan fingerprint density at radius 3 is 2.81 bits per heavy atom. The predicted molar refractivity (Wildman–Crippen MR) is 107 cm³/mol. The van der Waals surface area contributed by atoms with Crippen LogP contribution in [0.4, 0.5) is 14.7 Å². The van der Waals surface area contributed by atoms with Gasteiger partial charge in [0.25, 0.3) is 0 Å². The molecule has 0 saturated carbocycles. The Morgan fingerprint density at radius 1 is 1.37 bits per heavy atom. The van der Waals surface area contributed by atoms with E-state index in [4.69, 9.17) is 10.7 Å². The number of nitrogens with zero attached hydrogens (tertiary/aromatic N) is 5. The van der Waals surface area contributed by atoms with Gasteiger partial charge >= 0.3 is 0 Å². The van der Waals surface area contributed by atoms with Gasteiger partial charge in [0.05, 0.1) is 23.1 Å². The second-order valence-corrected chi connectivity index (χ2v) is 8.89. The van der Waals surface area contributed by atoms with Crippen LogP contribution in [0.5, 0.6) is 0 Å². The number of amidine groups is 1. The summed E-state index contributed by atoms with van der Waals surface area (Å²) in [4.78, 5) is 20.2. The lowest BCUT2D eigenvalue weighted by atomic mass is 9.87. The van der Waals surface area contributed by atoms with Crippen LogP contribution in [0, 0.1) is 11.7 Å². The van der Waals surface area contributed by atoms with Gasteiger partial charge in [-0.15, -0.1) is 23.7 Å². The third-order valence-electron chi connectivity index (χ3n) is 4.73. The van der Waals surface area contributed by atoms with Gasteiger partial charge in [-0.05, 0) is 13.8 Å². The number of aliphatic imine (C=N–C) groups is 1. The molecule has 11 heteroatoms. The molecule has 2 N–H and O–H groups in total. The van der Waals surface area contributed by atoms with Crippen molar-refractivity contribution in [3.8, 4) is 0 Å². The molecule has 4 rings (SSSR count). The van der Waals surface area contributed by atoms with Gasteiger partial charge in [0.15, 0.2) is 11.0 Å². The Bertz CT molecular complexity index is 857. The first-order valence-electron chi connectivity index (χ1n) is 8.13. The SMILES string of the molecule is CC(C)(F)c1nc(N2C[C@H]3CSC(N)=N[C@@]3(c3cncs3)C2)ncc1F.Cl. The summed E-state index contributed by atoms with van der Waals surface area (Å²) in [5.41, 5.74) is 5.15. The van der Waals surface area contributed by atoms with Crippen molar-refractivity contribution in [2.24, 2.45) is 16.6 Å². The molecule has 2 atom stereocenters. The van der Waals surface area contributed by atoms with E-state index in [1.807, 2.05) is 11.1 Å². The highest BCUT2D eigenvalue weighted by Crippen LogP contribution is 2.47. The van der Waals surface area contributed by atoms with Crippen LogP contribution >= 0.6 is 35.5 Å². The van der Waals surface area contributed by atoms with E-state index in [1.165, 1.54) is 36.9 Å². The molecule has 146 valence electrons. The highest BCUT2D eigenvalue weighted by atomic mass is 35.5. The Kier molecular flexibility index (Phi) is 5.35. The number of fused-ring (bicyclic) bond motifs is 1. The summed E-state index contributed by atoms with van der Waals surface area (Å²) in [5, 5.41) is 0.544. The quantitative estimate of drug-likeness (QED) is 0.802. The standard InChI is InChI=1S/C16H18F2N6S2.ClH/c1-15(2,18)12-10(17)3-21-14(22-12)24-5-9-6-25-13(19)23-16(9,7-24)11-4-20-8-26-11;/h3-4,8-9H,5-7H2,1-2H3,(H2,19,23);1H/t9-,16-;/m0./s1. The maximum Gasteiger partial charge on any atom is 0.225 e. The van der Waals surface area contributed by atoms with Gasteiger partial charge in [-0.1, -0.05) is 11.8 Å². The van der Waals surface area contributed by atoms with Crippen LogP contribution in [0.15, 0.2) is 22.9 Å². The van der Waals surface area contributed by atoms with E-state index in [0.29, 0.717) is 24.2 Å². The molecule has 0 aliphatic carbocycles. The highest BCUT2D eigenvalue weighted by molar-refractivity contribution is 8.13. The van der Waals surface area contributed by atoms with Gasteiger partial charge < -0.3 is 10.6 Å². The van der Waals surface area contributed by atoms with E-state index in [-0.39, 0.29) is 24.0 Å². The minimum absolute atomic E-state index is 0. The number of hydrogen-bond donors (Lipinski definition) is 1. The summed E-state index contributed by atoms with van der Waals surface area (Å²) in [6.07, 6.45) is 2.85. The topological polar surface area (TPSA) is 80.3 Å². The molecule has 0 spiro atoms. The van der Waals surface area contributed by atoms with Gasteiger partial charge in [0.1, 0.15) is 16.9 Å². The minimum Gasteiger partial charge on any atom is -0.379 e. The molecular weight excluding hydrogens is 414 g/mol. The van der Waals surface area contributed by atoms with Gasteiger partial charge in [-0.3, -0.25) is 4.98 Å². The van der Waals surface area contributed by atoms with E-state index in [0.717, 1.165) is 16.8 Å². The Balaban J connectivity index is 0.00000210. The monoisotopic (exact) mass is 432 g/mol. The van der Waals surface area contributed by atoms with E-state index < -0.39 is 17.0 Å². The second-order valence-electron chi connectivity index (χ2n) is 6.97. The summed E-state index contributed by atoms with van der Waals surface area (Å²) in [6.45, 7) is 3.71. The lowest BCUT2D eigenvalue weighted by Gasteiger charge is -2.32. The van der Waals surface area contributed by atoms with E-state index >= 15 is 0 Å². The molecule has 1 fully saturated rings. The Morgan fingerprint density at radius 2 is 2.15 bits per heavy atom. The van der Waals surface area contributed by atoms with Crippen molar-refractivity contribution < 1.29 is 8.78 Å². The number of alkyl halides is 1. The molecular formula is C16H19ClF2N6S2. The molecule has 0 amide bonds. The zero-order valence-corrected chi connectivity index (χ0v) is 17.2. The minimum atomic E-state index is -1.89. The number of thiazole rings is 1. The normalized spacial score (nSPS) is 25.0. The van der Waals surface area contributed by atoms with Crippen LogP contribution in [0.25, 0.3) is 0 Å². The zero-order chi connectivity index (χ0) is 18.5. The molecule has 6 nitrogen and oxygen atoms in total. The first-order valence-corrected chi connectivity index (χ1v) is 10.00. The van der Waals surface area contributed by atoms with Crippen molar-refractivity contribution in [1.29, 1.82) is 0 Å². The number of nitrogens with two attached hydrogens (primary N) is 1. The largest absolute Gasteiger partial charge is 0.379 e. The van der Waals surface area contributed by atoms with E-state index in [1.54, 1.807) is 5.51 Å². The molecule has 2 aliphatic rings. The fourth-order valence-corrected chi connectivity index (χ4v) is 5.30. The van der Waals surface area contributed by atoms with Gasteiger partial charge in [0.2, 0.25) is 5.95 Å². The average Bonchev–Trinajstić information content (AvgIpc) is 3.22. The van der Waals surface area contributed by atoms with Gasteiger partial charge in [-0.25, -0.2) is 23.7 Å². The molecule has 0 unspecified atom stereocenters. The third-order valence-corrected chi connectivity index (χ3v) is 6.62. The fraction of sp³-hybridized carbons (Fsp3) is 0.500. The predicted octanol–water partition coefficient (Wildman–Crippen LogP) is 3.09. The Labute approximate surface area is 170 Å². The highest BCUT2D eigenvalue weighted by Gasteiger charge is 2.51. The van der Waals surface area contributed by atoms with Gasteiger partial charge in [-0.2, -0.15) is 0 Å². The lowest BCUT2D eigenvalue weighted by Crippen LogP contribution is -2.39. The van der Waals surface area contributed by atoms with Gasteiger partial charge in [0, 0.05) is 24.4 Å². The van der Waals surface area contributed by atoms with Crippen molar-refractivity contribution in [1.82, 2.24) is 15.0 Å². The maximum atomic E-state index is 14.3. The van der Waals surface area contributed by atoms with Crippen molar-refractivity contribution in [3.05, 3.63) is 34.3 Å². The fourth-order valence-electron chi connectivity index (χ4n) is 3.48. The van der Waals surface area contributed by atoms with Crippen LogP contribution < -0.4 is 10.6 Å². The van der Waals surface area contributed by atoms with Crippen LogP contribution in [0.2, 0.25) is 0 Å². The molecule has 0 radical (unpaired) electrons. The molecule has 1 saturated heterocycles. The molecule has 2 aromatic heterocycles. The zero-order valence-electron chi connectivity index (χ0n) is 14.7. The van der Waals surface area contributed by atoms with E-state index in [2.05, 4.69) is 15.0 Å². The summed E-state index contributed by atoms with van der Waals surface area (Å²) in [7, 11) is 0. The van der Waals surface area contributed by atoms with Crippen LogP contribution in [-0.2, 0) is 11.2 Å². The van der Waals surface area contributed by atoms with Crippen molar-refractivity contribution in [2.75, 3.05) is 23.7 Å². The maximum absolute atomic E-state index is 14.3. The summed E-state index contributed by atoms with van der Waals surface area (Å²) in [6, 6.07) is 0. The second kappa shape index (κ2) is 7.14. The third kappa shape index (κ3) is 3.50. The van der Waals surface area contributed by atoms with E-state index in [9.17, 15) is 8.78 Å². The van der Waals surface area contributed by atoms with Crippen molar-refractivity contribution in [3.63, 3.8) is 0 Å². The average molecular weight is 433 g/mol. The molecule has 27 heavy (non-hydrogen) atoms. The summed E-state index contributed by atoms with van der Waals surface area (Å²) in [5.74, 6) is 0.569.